The van der Waals surface area contributed by atoms with Gasteiger partial charge >= 0.3 is 0 Å². The molecule has 0 radical (unpaired) electrons. The largest absolute Gasteiger partial charge is 0.369 e. The predicted molar refractivity (Wildman–Crippen MR) is 67.3 cm³/mol. The third kappa shape index (κ3) is 2.91. The zero-order chi connectivity index (χ0) is 13.1. The molecule has 1 aromatic carbocycles. The highest BCUT2D eigenvalue weighted by atomic mass is 19.1. The number of halogens is 1. The predicted octanol–water partition coefficient (Wildman–Crippen LogP) is 2.22. The van der Waals surface area contributed by atoms with Gasteiger partial charge in [-0.1, -0.05) is 0 Å². The molecule has 0 unspecified atom stereocenters. The lowest BCUT2D eigenvalue weighted by Crippen LogP contribution is -2.14. The van der Waals surface area contributed by atoms with Gasteiger partial charge in [0.05, 0.1) is 17.8 Å². The van der Waals surface area contributed by atoms with E-state index in [1.165, 1.54) is 12.1 Å². The van der Waals surface area contributed by atoms with Crippen LogP contribution < -0.4 is 5.73 Å². The van der Waals surface area contributed by atoms with Crippen LogP contribution in [0.1, 0.15) is 11.3 Å². The maximum Gasteiger partial charge on any atom is 0.223 e. The molecule has 1 amide bonds. The van der Waals surface area contributed by atoms with Gasteiger partial charge < -0.3 is 5.73 Å². The maximum absolute atomic E-state index is 12.9. The lowest BCUT2D eigenvalue weighted by molar-refractivity contribution is -0.117. The van der Waals surface area contributed by atoms with Crippen molar-refractivity contribution >= 4 is 5.91 Å². The van der Waals surface area contributed by atoms with E-state index in [0.717, 1.165) is 11.1 Å². The van der Waals surface area contributed by atoms with E-state index in [0.29, 0.717) is 11.4 Å². The van der Waals surface area contributed by atoms with Gasteiger partial charge in [0.2, 0.25) is 5.91 Å². The highest BCUT2D eigenvalue weighted by molar-refractivity contribution is 5.76. The molecular formula is C14H13FN2O. The van der Waals surface area contributed by atoms with Crippen LogP contribution in [0.3, 0.4) is 0 Å². The van der Waals surface area contributed by atoms with Crippen LogP contribution in [0.15, 0.2) is 36.4 Å². The first-order chi connectivity index (χ1) is 8.54. The van der Waals surface area contributed by atoms with Gasteiger partial charge in [-0.05, 0) is 48.9 Å². The van der Waals surface area contributed by atoms with Gasteiger partial charge in [0, 0.05) is 5.56 Å². The van der Waals surface area contributed by atoms with Crippen LogP contribution in [0.25, 0.3) is 11.3 Å². The summed E-state index contributed by atoms with van der Waals surface area (Å²) in [5, 5.41) is 0. The van der Waals surface area contributed by atoms with E-state index < -0.39 is 5.91 Å². The number of hydrogen-bond donors (Lipinski definition) is 1. The third-order valence-electron chi connectivity index (χ3n) is 2.52. The monoisotopic (exact) mass is 244 g/mol. The minimum Gasteiger partial charge on any atom is -0.369 e. The van der Waals surface area contributed by atoms with Crippen molar-refractivity contribution in [3.63, 3.8) is 0 Å². The van der Waals surface area contributed by atoms with Gasteiger partial charge in [0.1, 0.15) is 5.82 Å². The molecule has 0 atom stereocenters. The van der Waals surface area contributed by atoms with E-state index in [-0.39, 0.29) is 12.2 Å². The summed E-state index contributed by atoms with van der Waals surface area (Å²) < 4.78 is 12.9. The zero-order valence-electron chi connectivity index (χ0n) is 9.98. The van der Waals surface area contributed by atoms with Crippen molar-refractivity contribution in [3.05, 3.63) is 53.5 Å². The van der Waals surface area contributed by atoms with Crippen molar-refractivity contribution in [1.82, 2.24) is 4.98 Å². The summed E-state index contributed by atoms with van der Waals surface area (Å²) in [7, 11) is 0. The van der Waals surface area contributed by atoms with Gasteiger partial charge in [-0.15, -0.1) is 0 Å². The molecule has 0 aliphatic rings. The Morgan fingerprint density at radius 1 is 1.28 bits per heavy atom. The Balaban J connectivity index is 2.41. The van der Waals surface area contributed by atoms with Crippen molar-refractivity contribution in [2.45, 2.75) is 13.3 Å². The molecule has 92 valence electrons. The normalized spacial score (nSPS) is 10.3. The molecule has 2 rings (SSSR count). The number of primary amides is 1. The molecule has 2 aromatic rings. The number of nitrogens with zero attached hydrogens (tertiary/aromatic N) is 1. The number of aromatic nitrogens is 1. The Bertz CT molecular complexity index is 579. The van der Waals surface area contributed by atoms with Gasteiger partial charge in [0.15, 0.2) is 0 Å². The summed E-state index contributed by atoms with van der Waals surface area (Å²) in [6, 6.07) is 9.78. The topological polar surface area (TPSA) is 56.0 Å². The van der Waals surface area contributed by atoms with Crippen LogP contribution in [0.4, 0.5) is 4.39 Å². The number of carbonyl (C=O) groups excluding carboxylic acids is 1. The smallest absolute Gasteiger partial charge is 0.223 e. The zero-order valence-corrected chi connectivity index (χ0v) is 9.98. The summed E-state index contributed by atoms with van der Waals surface area (Å²) in [6.07, 6.45) is 0.107. The number of nitrogens with two attached hydrogens (primary N) is 1. The summed E-state index contributed by atoms with van der Waals surface area (Å²) in [5.41, 5.74) is 8.29. The van der Waals surface area contributed by atoms with Crippen LogP contribution in [0.5, 0.6) is 0 Å². The Kier molecular flexibility index (Phi) is 3.37. The standard InChI is InChI=1S/C14H13FN2O/c1-9-6-12(8-14(16)18)17-13(7-9)10-2-4-11(15)5-3-10/h2-7H,8H2,1H3,(H2,16,18). The summed E-state index contributed by atoms with van der Waals surface area (Å²) in [5.74, 6) is -0.707. The molecule has 1 heterocycles. The van der Waals surface area contributed by atoms with E-state index in [1.807, 2.05) is 19.1 Å². The fourth-order valence-corrected chi connectivity index (χ4v) is 1.78. The van der Waals surface area contributed by atoms with Crippen LogP contribution in [0.2, 0.25) is 0 Å². The second-order valence-electron chi connectivity index (χ2n) is 4.17. The first kappa shape index (κ1) is 12.2. The molecule has 1 aromatic heterocycles. The van der Waals surface area contributed by atoms with Crippen molar-refractivity contribution < 1.29 is 9.18 Å². The Morgan fingerprint density at radius 3 is 2.56 bits per heavy atom. The third-order valence-corrected chi connectivity index (χ3v) is 2.52. The minimum atomic E-state index is -0.418. The van der Waals surface area contributed by atoms with E-state index in [9.17, 15) is 9.18 Å². The van der Waals surface area contributed by atoms with Crippen molar-refractivity contribution in [1.29, 1.82) is 0 Å². The first-order valence-corrected chi connectivity index (χ1v) is 5.56. The van der Waals surface area contributed by atoms with Crippen molar-refractivity contribution in [2.24, 2.45) is 5.73 Å². The Hall–Kier alpha value is -2.23. The minimum absolute atomic E-state index is 0.107. The lowest BCUT2D eigenvalue weighted by atomic mass is 10.1. The van der Waals surface area contributed by atoms with Crippen LogP contribution in [-0.2, 0) is 11.2 Å². The number of benzene rings is 1. The fourth-order valence-electron chi connectivity index (χ4n) is 1.78. The van der Waals surface area contributed by atoms with E-state index in [1.54, 1.807) is 12.1 Å². The highest BCUT2D eigenvalue weighted by Crippen LogP contribution is 2.19. The molecule has 18 heavy (non-hydrogen) atoms. The van der Waals surface area contributed by atoms with Gasteiger partial charge in [-0.25, -0.2) is 4.39 Å². The fraction of sp³-hybridized carbons (Fsp3) is 0.143. The SMILES string of the molecule is Cc1cc(CC(N)=O)nc(-c2ccc(F)cc2)c1. The number of amides is 1. The average Bonchev–Trinajstić information content (AvgIpc) is 2.28. The van der Waals surface area contributed by atoms with Gasteiger partial charge in [-0.2, -0.15) is 0 Å². The number of rotatable bonds is 3. The van der Waals surface area contributed by atoms with Crippen molar-refractivity contribution in [2.75, 3.05) is 0 Å². The molecule has 4 heteroatoms. The summed E-state index contributed by atoms with van der Waals surface area (Å²) in [4.78, 5) is 15.3. The Labute approximate surface area is 104 Å². The van der Waals surface area contributed by atoms with E-state index in [2.05, 4.69) is 4.98 Å². The molecule has 0 aliphatic heterocycles. The number of carbonyl (C=O) groups is 1. The van der Waals surface area contributed by atoms with Gasteiger partial charge in [-0.3, -0.25) is 9.78 Å². The highest BCUT2D eigenvalue weighted by Gasteiger charge is 2.06. The molecule has 0 saturated carbocycles. The second-order valence-corrected chi connectivity index (χ2v) is 4.17. The molecule has 0 bridgehead atoms. The molecule has 0 aliphatic carbocycles. The maximum atomic E-state index is 12.9. The molecule has 0 spiro atoms. The molecule has 3 nitrogen and oxygen atoms in total. The quantitative estimate of drug-likeness (QED) is 0.900. The average molecular weight is 244 g/mol. The number of aryl methyl sites for hydroxylation is 1. The van der Waals surface area contributed by atoms with Crippen LogP contribution in [0, 0.1) is 12.7 Å². The summed E-state index contributed by atoms with van der Waals surface area (Å²) in [6.45, 7) is 1.92. The Morgan fingerprint density at radius 2 is 1.94 bits per heavy atom. The molecular weight excluding hydrogens is 231 g/mol. The molecule has 0 saturated heterocycles. The van der Waals surface area contributed by atoms with Crippen molar-refractivity contribution in [3.8, 4) is 11.3 Å². The second kappa shape index (κ2) is 4.96. The van der Waals surface area contributed by atoms with E-state index in [4.69, 9.17) is 5.73 Å². The number of pyridine rings is 1. The van der Waals surface area contributed by atoms with E-state index >= 15 is 0 Å². The molecule has 2 N–H and O–H groups in total. The first-order valence-electron chi connectivity index (χ1n) is 5.56. The van der Waals surface area contributed by atoms with Crippen LogP contribution in [-0.4, -0.2) is 10.9 Å². The lowest BCUT2D eigenvalue weighted by Gasteiger charge is -2.06. The molecule has 0 fully saturated rings. The van der Waals surface area contributed by atoms with Gasteiger partial charge in [0.25, 0.3) is 0 Å². The summed E-state index contributed by atoms with van der Waals surface area (Å²) >= 11 is 0. The number of hydrogen-bond acceptors (Lipinski definition) is 2. The van der Waals surface area contributed by atoms with Crippen LogP contribution >= 0.6 is 0 Å².